The molecule has 0 heterocycles. The Balaban J connectivity index is 3.76. The van der Waals surface area contributed by atoms with Gasteiger partial charge in [0.05, 0.1) is 6.61 Å². The number of rotatable bonds is 31. The second-order valence-corrected chi connectivity index (χ2v) is 11.5. The van der Waals surface area contributed by atoms with Crippen LogP contribution in [0.3, 0.4) is 0 Å². The Kier molecular flexibility index (Phi) is 35.3. The Bertz CT molecular complexity index is 1020. The minimum absolute atomic E-state index is 0.108. The summed E-state index contributed by atoms with van der Waals surface area (Å²) in [5, 5.41) is 9.53. The van der Waals surface area contributed by atoms with E-state index in [9.17, 15) is 14.7 Å². The van der Waals surface area contributed by atoms with E-state index in [4.69, 9.17) is 9.47 Å². The lowest BCUT2D eigenvalue weighted by molar-refractivity contribution is -0.161. The lowest BCUT2D eigenvalue weighted by Crippen LogP contribution is -2.28. The fourth-order valence-corrected chi connectivity index (χ4v) is 4.33. The number of unbranched alkanes of at least 4 members (excludes halogenated alkanes) is 5. The van der Waals surface area contributed by atoms with Crippen molar-refractivity contribution >= 4 is 11.9 Å². The van der Waals surface area contributed by atoms with Gasteiger partial charge in [0.15, 0.2) is 6.10 Å². The molecule has 0 aliphatic carbocycles. The van der Waals surface area contributed by atoms with Crippen molar-refractivity contribution in [1.82, 2.24) is 0 Å². The van der Waals surface area contributed by atoms with Crippen LogP contribution in [0.5, 0.6) is 0 Å². The molecule has 0 saturated carbocycles. The highest BCUT2D eigenvalue weighted by Gasteiger charge is 2.15. The first-order valence-electron chi connectivity index (χ1n) is 18.4. The molecule has 0 fully saturated rings. The van der Waals surface area contributed by atoms with Gasteiger partial charge in [0.2, 0.25) is 0 Å². The van der Waals surface area contributed by atoms with Crippen LogP contribution in [0.25, 0.3) is 0 Å². The number of carbonyl (C=O) groups excluding carboxylic acids is 2. The molecule has 1 N–H and O–H groups in total. The van der Waals surface area contributed by atoms with Crippen molar-refractivity contribution < 1.29 is 24.2 Å². The summed E-state index contributed by atoms with van der Waals surface area (Å²) >= 11 is 0. The Morgan fingerprint density at radius 1 is 0.479 bits per heavy atom. The number of aliphatic hydroxyl groups excluding tert-OH is 1. The van der Waals surface area contributed by atoms with Crippen molar-refractivity contribution in [2.45, 2.75) is 136 Å². The molecule has 1 atom stereocenters. The summed E-state index contributed by atoms with van der Waals surface area (Å²) in [5.74, 6) is -0.692. The summed E-state index contributed by atoms with van der Waals surface area (Å²) in [7, 11) is 0. The van der Waals surface area contributed by atoms with Crippen LogP contribution in [0.4, 0.5) is 0 Å². The first-order chi connectivity index (χ1) is 23.6. The molecule has 0 spiro atoms. The lowest BCUT2D eigenvalue weighted by atomic mass is 10.1. The molecule has 0 aliphatic rings. The molecule has 0 aromatic heterocycles. The van der Waals surface area contributed by atoms with Gasteiger partial charge in [-0.15, -0.1) is 0 Å². The second kappa shape index (κ2) is 38.0. The maximum atomic E-state index is 12.1. The zero-order chi connectivity index (χ0) is 35.0. The first kappa shape index (κ1) is 44.6. The Morgan fingerprint density at radius 2 is 0.833 bits per heavy atom. The van der Waals surface area contributed by atoms with Crippen molar-refractivity contribution in [1.29, 1.82) is 0 Å². The summed E-state index contributed by atoms with van der Waals surface area (Å²) in [6.07, 6.45) is 54.3. The standard InChI is InChI=1S/C43H66O5/c1-3-5-7-9-11-13-15-17-19-20-21-22-24-25-27-29-31-33-35-37-42(45)47-40-41(39-44)48-43(46)38-36-34-32-30-28-26-23-18-16-14-12-10-8-6-4-2/h5-8,11-14,17-19,21-23,25,27-28,30,41,44H,3-4,9-10,15-16,20,24,26,29,31-40H2,1-2H3. The van der Waals surface area contributed by atoms with E-state index in [2.05, 4.69) is 123 Å². The highest BCUT2D eigenvalue weighted by molar-refractivity contribution is 5.70. The molecule has 1 unspecified atom stereocenters. The number of hydrogen-bond acceptors (Lipinski definition) is 5. The molecule has 5 nitrogen and oxygen atoms in total. The maximum Gasteiger partial charge on any atom is 0.306 e. The average molecular weight is 663 g/mol. The third-order valence-electron chi connectivity index (χ3n) is 7.06. The van der Waals surface area contributed by atoms with Gasteiger partial charge in [-0.3, -0.25) is 9.59 Å². The first-order valence-corrected chi connectivity index (χ1v) is 18.4. The van der Waals surface area contributed by atoms with Crippen molar-refractivity contribution in [3.63, 3.8) is 0 Å². The van der Waals surface area contributed by atoms with E-state index in [1.54, 1.807) is 0 Å². The molecule has 0 aromatic carbocycles. The molecule has 0 rings (SSSR count). The summed E-state index contributed by atoms with van der Waals surface area (Å²) in [5.41, 5.74) is 0. The Morgan fingerprint density at radius 3 is 1.25 bits per heavy atom. The minimum atomic E-state index is -0.814. The van der Waals surface area contributed by atoms with Gasteiger partial charge in [-0.1, -0.05) is 130 Å². The fraction of sp³-hybridized carbons (Fsp3) is 0.535. The summed E-state index contributed by atoms with van der Waals surface area (Å²) in [6.45, 7) is 3.81. The highest BCUT2D eigenvalue weighted by Crippen LogP contribution is 2.08. The summed E-state index contributed by atoms with van der Waals surface area (Å²) < 4.78 is 10.5. The van der Waals surface area contributed by atoms with Gasteiger partial charge in [-0.25, -0.2) is 0 Å². The number of aliphatic hydroxyl groups is 1. The van der Waals surface area contributed by atoms with E-state index in [1.807, 2.05) is 0 Å². The lowest BCUT2D eigenvalue weighted by Gasteiger charge is -2.15. The second-order valence-electron chi connectivity index (χ2n) is 11.5. The van der Waals surface area contributed by atoms with E-state index >= 15 is 0 Å². The van der Waals surface area contributed by atoms with Gasteiger partial charge in [-0.2, -0.15) is 0 Å². The quantitative estimate of drug-likeness (QED) is 0.0454. The molecule has 0 bridgehead atoms. The number of hydrogen-bond donors (Lipinski definition) is 1. The minimum Gasteiger partial charge on any atom is -0.462 e. The molecule has 0 amide bonds. The SMILES string of the molecule is CCC=CCC=CCC=CCC=CCC=CCCCCCC(=O)OCC(CO)OC(=O)CCCCC=CCC=CCC=CCC=CCC. The van der Waals surface area contributed by atoms with Crippen molar-refractivity contribution in [3.05, 3.63) is 109 Å². The van der Waals surface area contributed by atoms with Crippen LogP contribution in [0.2, 0.25) is 0 Å². The number of esters is 2. The van der Waals surface area contributed by atoms with Crippen molar-refractivity contribution in [2.75, 3.05) is 13.2 Å². The number of carbonyl (C=O) groups is 2. The molecule has 0 aliphatic heterocycles. The largest absolute Gasteiger partial charge is 0.462 e. The number of allylic oxidation sites excluding steroid dienone is 18. The highest BCUT2D eigenvalue weighted by atomic mass is 16.6. The smallest absolute Gasteiger partial charge is 0.306 e. The van der Waals surface area contributed by atoms with Crippen LogP contribution >= 0.6 is 0 Å². The Hall–Kier alpha value is -3.44. The van der Waals surface area contributed by atoms with Crippen molar-refractivity contribution in [3.8, 4) is 0 Å². The predicted molar refractivity (Wildman–Crippen MR) is 205 cm³/mol. The van der Waals surface area contributed by atoms with Crippen LogP contribution in [-0.2, 0) is 19.1 Å². The molecule has 5 heteroatoms. The zero-order valence-electron chi connectivity index (χ0n) is 30.2. The van der Waals surface area contributed by atoms with Crippen LogP contribution < -0.4 is 0 Å². The third-order valence-corrected chi connectivity index (χ3v) is 7.06. The van der Waals surface area contributed by atoms with E-state index in [0.717, 1.165) is 96.3 Å². The van der Waals surface area contributed by atoms with E-state index in [1.165, 1.54) is 0 Å². The van der Waals surface area contributed by atoms with Crippen molar-refractivity contribution in [2.24, 2.45) is 0 Å². The Labute approximate surface area is 293 Å². The number of ether oxygens (including phenoxy) is 2. The van der Waals surface area contributed by atoms with Gasteiger partial charge in [-0.05, 0) is 96.3 Å². The topological polar surface area (TPSA) is 72.8 Å². The van der Waals surface area contributed by atoms with Crippen LogP contribution in [0.1, 0.15) is 129 Å². The molecule has 0 aromatic rings. The predicted octanol–water partition coefficient (Wildman–Crippen LogP) is 11.5. The fourth-order valence-electron chi connectivity index (χ4n) is 4.33. The van der Waals surface area contributed by atoms with E-state index < -0.39 is 6.10 Å². The van der Waals surface area contributed by atoms with Gasteiger partial charge in [0.25, 0.3) is 0 Å². The molecular formula is C43H66O5. The normalized spacial score (nSPS) is 13.5. The van der Waals surface area contributed by atoms with E-state index in [-0.39, 0.29) is 31.6 Å². The van der Waals surface area contributed by atoms with Gasteiger partial charge in [0.1, 0.15) is 6.61 Å². The van der Waals surface area contributed by atoms with Gasteiger partial charge < -0.3 is 14.6 Å². The molecule has 48 heavy (non-hydrogen) atoms. The third kappa shape index (κ3) is 35.4. The average Bonchev–Trinajstić information content (AvgIpc) is 3.09. The van der Waals surface area contributed by atoms with Crippen LogP contribution in [0, 0.1) is 0 Å². The zero-order valence-corrected chi connectivity index (χ0v) is 30.2. The molecule has 268 valence electrons. The monoisotopic (exact) mass is 662 g/mol. The summed E-state index contributed by atoms with van der Waals surface area (Å²) in [6, 6.07) is 0. The van der Waals surface area contributed by atoms with E-state index in [0.29, 0.717) is 12.8 Å². The molecule has 0 saturated heterocycles. The summed E-state index contributed by atoms with van der Waals surface area (Å²) in [4.78, 5) is 24.2. The van der Waals surface area contributed by atoms with Crippen LogP contribution in [-0.4, -0.2) is 36.4 Å². The van der Waals surface area contributed by atoms with Gasteiger partial charge >= 0.3 is 11.9 Å². The molecule has 0 radical (unpaired) electrons. The maximum absolute atomic E-state index is 12.1. The van der Waals surface area contributed by atoms with Crippen LogP contribution in [0.15, 0.2) is 109 Å². The van der Waals surface area contributed by atoms with Gasteiger partial charge in [0, 0.05) is 12.8 Å². The molecular weight excluding hydrogens is 596 g/mol.